The maximum atomic E-state index is 12.6. The van der Waals surface area contributed by atoms with Gasteiger partial charge in [0.25, 0.3) is 0 Å². The number of aromatic nitrogens is 2. The zero-order valence-electron chi connectivity index (χ0n) is 13.2. The van der Waals surface area contributed by atoms with Crippen LogP contribution >= 0.6 is 11.6 Å². The van der Waals surface area contributed by atoms with Crippen molar-refractivity contribution in [3.63, 3.8) is 0 Å². The summed E-state index contributed by atoms with van der Waals surface area (Å²) in [6, 6.07) is 23.8. The van der Waals surface area contributed by atoms with Crippen LogP contribution in [-0.4, -0.2) is 4.57 Å². The molecule has 0 saturated heterocycles. The number of nitrogens with zero attached hydrogens (tertiary/aromatic N) is 2. The van der Waals surface area contributed by atoms with Gasteiger partial charge in [-0.1, -0.05) is 48.0 Å². The number of para-hydroxylation sites is 2. The van der Waals surface area contributed by atoms with Gasteiger partial charge in [-0.2, -0.15) is 4.73 Å². The Morgan fingerprint density at radius 3 is 2.40 bits per heavy atom. The quantitative estimate of drug-likeness (QED) is 0.303. The lowest BCUT2D eigenvalue weighted by Gasteiger charge is -2.09. The van der Waals surface area contributed by atoms with Crippen molar-refractivity contribution < 1.29 is 4.73 Å². The van der Waals surface area contributed by atoms with Crippen molar-refractivity contribution in [2.45, 2.75) is 0 Å². The van der Waals surface area contributed by atoms with Crippen molar-refractivity contribution in [2.75, 3.05) is 0 Å². The first-order valence-electron chi connectivity index (χ1n) is 8.04. The average molecular weight is 345 g/mol. The van der Waals surface area contributed by atoms with Crippen LogP contribution in [-0.2, 0) is 0 Å². The van der Waals surface area contributed by atoms with Crippen LogP contribution in [0.5, 0.6) is 0 Å². The molecule has 0 radical (unpaired) electrons. The highest BCUT2D eigenvalue weighted by atomic mass is 35.5. The zero-order valence-corrected chi connectivity index (χ0v) is 13.9. The molecule has 0 unspecified atom stereocenters. The largest absolute Gasteiger partial charge is 0.618 e. The van der Waals surface area contributed by atoms with Crippen LogP contribution in [0.3, 0.4) is 0 Å². The van der Waals surface area contributed by atoms with E-state index in [1.54, 1.807) is 12.3 Å². The number of benzene rings is 3. The lowest BCUT2D eigenvalue weighted by atomic mass is 10.1. The summed E-state index contributed by atoms with van der Waals surface area (Å²) < 4.78 is 3.12. The molecular weight excluding hydrogens is 332 g/mol. The minimum Gasteiger partial charge on any atom is -0.618 e. The Labute approximate surface area is 148 Å². The van der Waals surface area contributed by atoms with Gasteiger partial charge in [-0.3, -0.25) is 0 Å². The molecule has 0 fully saturated rings. The summed E-state index contributed by atoms with van der Waals surface area (Å²) in [6.45, 7) is 0. The molecule has 5 aromatic rings. The number of rotatable bonds is 1. The van der Waals surface area contributed by atoms with Gasteiger partial charge < -0.3 is 9.77 Å². The van der Waals surface area contributed by atoms with Gasteiger partial charge >= 0.3 is 0 Å². The third-order valence-electron chi connectivity index (χ3n) is 4.63. The lowest BCUT2D eigenvalue weighted by molar-refractivity contribution is -0.575. The molecule has 4 heteroatoms. The molecule has 0 spiro atoms. The van der Waals surface area contributed by atoms with Gasteiger partial charge in [0.2, 0.25) is 5.52 Å². The van der Waals surface area contributed by atoms with E-state index in [9.17, 15) is 5.21 Å². The number of pyridine rings is 1. The normalized spacial score (nSPS) is 11.6. The molecule has 0 aliphatic rings. The SMILES string of the molecule is [O-][n+]1cc2c3ccccc3n(-c3ccccc3)c2c2ccc(Cl)cc21. The summed E-state index contributed by atoms with van der Waals surface area (Å²) in [4.78, 5) is 0. The first-order valence-corrected chi connectivity index (χ1v) is 8.42. The number of hydrogen-bond acceptors (Lipinski definition) is 1. The van der Waals surface area contributed by atoms with Crippen LogP contribution < -0.4 is 4.73 Å². The van der Waals surface area contributed by atoms with Gasteiger partial charge in [0.1, 0.15) is 0 Å². The van der Waals surface area contributed by atoms with E-state index in [1.165, 1.54) is 0 Å². The molecule has 3 aromatic carbocycles. The molecule has 0 amide bonds. The van der Waals surface area contributed by atoms with E-state index < -0.39 is 0 Å². The first kappa shape index (κ1) is 14.3. The molecule has 5 rings (SSSR count). The van der Waals surface area contributed by atoms with Crippen molar-refractivity contribution in [2.24, 2.45) is 0 Å². The summed E-state index contributed by atoms with van der Waals surface area (Å²) in [6.07, 6.45) is 1.65. The van der Waals surface area contributed by atoms with Gasteiger partial charge in [0.15, 0.2) is 6.20 Å². The molecule has 0 bridgehead atoms. The van der Waals surface area contributed by atoms with Gasteiger partial charge in [-0.25, -0.2) is 0 Å². The molecule has 2 aromatic heterocycles. The Kier molecular flexibility index (Phi) is 2.99. The highest BCUT2D eigenvalue weighted by Crippen LogP contribution is 2.35. The minimum absolute atomic E-state index is 0.554. The van der Waals surface area contributed by atoms with Crippen LogP contribution in [0.1, 0.15) is 0 Å². The third-order valence-corrected chi connectivity index (χ3v) is 4.86. The van der Waals surface area contributed by atoms with E-state index in [1.807, 2.05) is 42.5 Å². The predicted molar refractivity (Wildman–Crippen MR) is 102 cm³/mol. The minimum atomic E-state index is 0.554. The summed E-state index contributed by atoms with van der Waals surface area (Å²) >= 11 is 6.12. The second-order valence-corrected chi connectivity index (χ2v) is 6.50. The highest BCUT2D eigenvalue weighted by Gasteiger charge is 2.19. The smallest absolute Gasteiger partial charge is 0.227 e. The molecule has 3 nitrogen and oxygen atoms in total. The van der Waals surface area contributed by atoms with Crippen molar-refractivity contribution in [3.8, 4) is 5.69 Å². The Hall–Kier alpha value is -3.04. The summed E-state index contributed by atoms with van der Waals surface area (Å²) in [5.74, 6) is 0. The fraction of sp³-hybridized carbons (Fsp3) is 0. The van der Waals surface area contributed by atoms with Crippen molar-refractivity contribution in [1.82, 2.24) is 4.57 Å². The standard InChI is InChI=1S/C21H13ClN2O/c22-14-10-11-17-20(12-14)23(25)13-18-16-8-4-5-9-19(16)24(21(17)18)15-6-2-1-3-7-15/h1-13H. The topological polar surface area (TPSA) is 31.9 Å². The Morgan fingerprint density at radius 2 is 1.56 bits per heavy atom. The third kappa shape index (κ3) is 2.03. The molecular formula is C21H13ClN2O. The second kappa shape index (κ2) is 5.23. The van der Waals surface area contributed by atoms with Crippen molar-refractivity contribution >= 4 is 44.3 Å². The summed E-state index contributed by atoms with van der Waals surface area (Å²) in [5, 5.41) is 16.0. The second-order valence-electron chi connectivity index (χ2n) is 6.07. The van der Waals surface area contributed by atoms with Crippen LogP contribution in [0.25, 0.3) is 38.4 Å². The molecule has 25 heavy (non-hydrogen) atoms. The van der Waals surface area contributed by atoms with E-state index in [0.717, 1.165) is 37.6 Å². The van der Waals surface area contributed by atoms with Crippen LogP contribution in [0, 0.1) is 5.21 Å². The average Bonchev–Trinajstić information content (AvgIpc) is 2.97. The molecule has 0 atom stereocenters. The number of hydrogen-bond donors (Lipinski definition) is 0. The Bertz CT molecular complexity index is 1260. The molecule has 0 aliphatic carbocycles. The number of fused-ring (bicyclic) bond motifs is 5. The summed E-state index contributed by atoms with van der Waals surface area (Å²) in [7, 11) is 0. The monoisotopic (exact) mass is 344 g/mol. The van der Waals surface area contributed by atoms with E-state index in [4.69, 9.17) is 11.6 Å². The predicted octanol–water partition coefficient (Wildman–Crippen LogP) is 5.22. The van der Waals surface area contributed by atoms with E-state index >= 15 is 0 Å². The first-order chi connectivity index (χ1) is 12.2. The molecule has 0 N–H and O–H groups in total. The molecule has 0 aliphatic heterocycles. The molecule has 0 saturated carbocycles. The summed E-state index contributed by atoms with van der Waals surface area (Å²) in [5.41, 5.74) is 3.73. The fourth-order valence-corrected chi connectivity index (χ4v) is 3.75. The van der Waals surface area contributed by atoms with Crippen LogP contribution in [0.4, 0.5) is 0 Å². The highest BCUT2D eigenvalue weighted by molar-refractivity contribution is 6.31. The van der Waals surface area contributed by atoms with Crippen LogP contribution in [0.2, 0.25) is 5.02 Å². The zero-order chi connectivity index (χ0) is 17.0. The van der Waals surface area contributed by atoms with Gasteiger partial charge in [0.05, 0.1) is 21.8 Å². The van der Waals surface area contributed by atoms with Gasteiger partial charge in [-0.15, -0.1) is 0 Å². The fourth-order valence-electron chi connectivity index (χ4n) is 3.58. The maximum absolute atomic E-state index is 12.6. The Morgan fingerprint density at radius 1 is 0.800 bits per heavy atom. The molecule has 2 heterocycles. The van der Waals surface area contributed by atoms with Gasteiger partial charge in [0, 0.05) is 22.2 Å². The lowest BCUT2D eigenvalue weighted by Crippen LogP contribution is -2.26. The van der Waals surface area contributed by atoms with Crippen molar-refractivity contribution in [3.05, 3.63) is 89.2 Å². The van der Waals surface area contributed by atoms with Crippen molar-refractivity contribution in [1.29, 1.82) is 0 Å². The number of halogens is 1. The van der Waals surface area contributed by atoms with E-state index in [0.29, 0.717) is 10.5 Å². The maximum Gasteiger partial charge on any atom is 0.227 e. The van der Waals surface area contributed by atoms with Gasteiger partial charge in [-0.05, 0) is 30.3 Å². The van der Waals surface area contributed by atoms with E-state index in [-0.39, 0.29) is 0 Å². The molecule has 120 valence electrons. The van der Waals surface area contributed by atoms with E-state index in [2.05, 4.69) is 28.8 Å². The van der Waals surface area contributed by atoms with Crippen LogP contribution in [0.15, 0.2) is 79.0 Å². The Balaban J connectivity index is 2.10.